The lowest BCUT2D eigenvalue weighted by atomic mass is 9.85. The number of phenolic OH excluding ortho intramolecular Hbond substituents is 1. The van der Waals surface area contributed by atoms with Gasteiger partial charge in [0.1, 0.15) is 29.0 Å². The van der Waals surface area contributed by atoms with Gasteiger partial charge in [-0.1, -0.05) is 128 Å². The molecule has 0 aliphatic carbocycles. The maximum atomic E-state index is 14.8. The number of aliphatic hydroxyl groups excluding tert-OH is 1. The number of aliphatic hydroxyl groups is 1. The van der Waals surface area contributed by atoms with Crippen LogP contribution in [0.4, 0.5) is 5.82 Å². The summed E-state index contributed by atoms with van der Waals surface area (Å²) < 4.78 is 26.8. The number of nitrogens with zero attached hydrogens (tertiary/aromatic N) is 1. The number of H-pyrrole nitrogens is 1. The van der Waals surface area contributed by atoms with Crippen LogP contribution >= 0.6 is 0 Å². The second-order valence-electron chi connectivity index (χ2n) is 16.8. The Morgan fingerprint density at radius 2 is 1.68 bits per heavy atom. The third-order valence-electron chi connectivity index (χ3n) is 12.4. The van der Waals surface area contributed by atoms with Crippen LogP contribution in [0.1, 0.15) is 75.7 Å². The van der Waals surface area contributed by atoms with Gasteiger partial charge in [-0.05, 0) is 58.9 Å². The molecule has 3 aliphatic heterocycles. The summed E-state index contributed by atoms with van der Waals surface area (Å²) in [5.74, 6) is 9.03. The van der Waals surface area contributed by atoms with Gasteiger partial charge in [0.25, 0.3) is 0 Å². The Kier molecular flexibility index (Phi) is 13.2. The fourth-order valence-corrected chi connectivity index (χ4v) is 8.98. The van der Waals surface area contributed by atoms with Crippen molar-refractivity contribution in [3.8, 4) is 51.7 Å². The van der Waals surface area contributed by atoms with Crippen LogP contribution in [0.15, 0.2) is 121 Å². The van der Waals surface area contributed by atoms with Gasteiger partial charge in [0.05, 0.1) is 50.4 Å². The molecule has 0 spiro atoms. The minimum atomic E-state index is -0.814. The van der Waals surface area contributed by atoms with Gasteiger partial charge in [0.2, 0.25) is 5.75 Å². The smallest absolute Gasteiger partial charge is 0.204 e. The van der Waals surface area contributed by atoms with Crippen molar-refractivity contribution in [1.82, 2.24) is 10.3 Å². The van der Waals surface area contributed by atoms with Gasteiger partial charge in [-0.2, -0.15) is 0 Å². The molecular formula is C55H55N3O7. The van der Waals surface area contributed by atoms with Crippen molar-refractivity contribution >= 4 is 17.7 Å². The second-order valence-corrected chi connectivity index (χ2v) is 16.8. The van der Waals surface area contributed by atoms with Crippen molar-refractivity contribution in [3.05, 3.63) is 160 Å². The minimum absolute atomic E-state index is 0.0202. The number of anilines is 1. The number of phenols is 1. The monoisotopic (exact) mass is 869 g/mol. The first-order chi connectivity index (χ1) is 31.8. The van der Waals surface area contributed by atoms with Gasteiger partial charge in [0.15, 0.2) is 17.3 Å². The van der Waals surface area contributed by atoms with Crippen molar-refractivity contribution in [2.24, 2.45) is 0 Å². The Balaban J connectivity index is 1.19. The maximum absolute atomic E-state index is 14.8. The number of methoxy groups -OCH3 is 1. The Hall–Kier alpha value is -6.93. The van der Waals surface area contributed by atoms with Crippen molar-refractivity contribution in [3.63, 3.8) is 0 Å². The number of aromatic nitrogens is 1. The molecule has 1 saturated heterocycles. The number of hydrogen-bond donors (Lipinski definition) is 4. The number of carbonyl (C=O) groups is 1. The number of ketones is 1. The number of nitrogens with one attached hydrogen (secondary N) is 2. The lowest BCUT2D eigenvalue weighted by Crippen LogP contribution is -2.50. The zero-order valence-electron chi connectivity index (χ0n) is 36.9. The summed E-state index contributed by atoms with van der Waals surface area (Å²) in [4.78, 5) is 20.9. The third-order valence-corrected chi connectivity index (χ3v) is 12.4. The summed E-state index contributed by atoms with van der Waals surface area (Å²) in [5, 5.41) is 24.9. The zero-order chi connectivity index (χ0) is 44.7. The molecule has 4 bridgehead atoms. The van der Waals surface area contributed by atoms with Crippen LogP contribution in [0.5, 0.6) is 28.7 Å². The molecule has 332 valence electrons. The number of Topliss-reactive ketones (excluding diaryl/α,β-unsaturated/α-hetero) is 1. The van der Waals surface area contributed by atoms with Crippen molar-refractivity contribution in [2.45, 2.75) is 63.2 Å². The van der Waals surface area contributed by atoms with Crippen molar-refractivity contribution < 1.29 is 34.0 Å². The Bertz CT molecular complexity index is 2700. The number of fused-ring (bicyclic) bond motifs is 8. The van der Waals surface area contributed by atoms with Gasteiger partial charge < -0.3 is 44.4 Å². The Morgan fingerprint density at radius 1 is 0.892 bits per heavy atom. The predicted octanol–water partition coefficient (Wildman–Crippen LogP) is 9.25. The summed E-state index contributed by atoms with van der Waals surface area (Å²) in [6.07, 6.45) is 4.36. The van der Waals surface area contributed by atoms with E-state index >= 15 is 0 Å². The van der Waals surface area contributed by atoms with Crippen molar-refractivity contribution in [1.29, 1.82) is 0 Å². The fourth-order valence-electron chi connectivity index (χ4n) is 8.98. The number of aryl methyl sites for hydroxylation is 1. The average molecular weight is 870 g/mol. The lowest BCUT2D eigenvalue weighted by molar-refractivity contribution is 0.0835. The van der Waals surface area contributed by atoms with Gasteiger partial charge in [-0.3, -0.25) is 4.79 Å². The molecule has 1 unspecified atom stereocenters. The van der Waals surface area contributed by atoms with Crippen LogP contribution in [0, 0.1) is 11.8 Å². The van der Waals surface area contributed by atoms with Crippen LogP contribution in [0.3, 0.4) is 0 Å². The van der Waals surface area contributed by atoms with Gasteiger partial charge in [0, 0.05) is 43.7 Å². The highest BCUT2D eigenvalue weighted by atomic mass is 16.5. The highest BCUT2D eigenvalue weighted by molar-refractivity contribution is 6.05. The molecule has 10 nitrogen and oxygen atoms in total. The van der Waals surface area contributed by atoms with E-state index in [1.807, 2.05) is 54.6 Å². The van der Waals surface area contributed by atoms with Gasteiger partial charge in [-0.25, -0.2) is 0 Å². The van der Waals surface area contributed by atoms with Crippen LogP contribution < -0.4 is 29.2 Å². The first-order valence-corrected chi connectivity index (χ1v) is 22.6. The molecule has 4 atom stereocenters. The SMILES string of the molecule is CCc1cc2c([nH]1)N1CCN[C@@H](C#C[C@@H](c3c(OCCc4ccccc4)c(OC)c(OCC[C@@H](O)/C=C/c4ccccc4)c4c3OC(c3ccc(O)cc3)CC4=O)Cc3cccc-2c3)C1. The van der Waals surface area contributed by atoms with E-state index in [0.717, 1.165) is 58.7 Å². The van der Waals surface area contributed by atoms with E-state index in [1.165, 1.54) is 5.69 Å². The molecule has 0 radical (unpaired) electrons. The Labute approximate surface area is 380 Å². The molecule has 3 aliphatic rings. The van der Waals surface area contributed by atoms with Crippen LogP contribution in [0.2, 0.25) is 0 Å². The van der Waals surface area contributed by atoms with Crippen LogP contribution in [-0.4, -0.2) is 73.1 Å². The number of piperazine rings is 1. The van der Waals surface area contributed by atoms with Crippen LogP contribution in [0.25, 0.3) is 17.2 Å². The average Bonchev–Trinajstić information content (AvgIpc) is 3.78. The number of carbonyl (C=O) groups excluding carboxylic acids is 1. The molecule has 1 aromatic heterocycles. The van der Waals surface area contributed by atoms with E-state index in [2.05, 4.69) is 76.4 Å². The van der Waals surface area contributed by atoms with E-state index in [-0.39, 0.29) is 60.7 Å². The molecule has 65 heavy (non-hydrogen) atoms. The highest BCUT2D eigenvalue weighted by Crippen LogP contribution is 2.55. The van der Waals surface area contributed by atoms with E-state index < -0.39 is 18.1 Å². The molecule has 0 saturated carbocycles. The first-order valence-electron chi connectivity index (χ1n) is 22.6. The molecule has 5 aromatic carbocycles. The normalized spacial score (nSPS) is 18.2. The number of rotatable bonds is 14. The highest BCUT2D eigenvalue weighted by Gasteiger charge is 2.40. The Morgan fingerprint density at radius 3 is 2.46 bits per heavy atom. The standard InChI is InChI=1S/C55H55N3O7/c1-3-42-33-46-40-16-10-15-38(31-40)32-41(18-21-43-35-58(28-27-56-43)55(46)57-42)49-51-50(47(61)34-48(65-51)39-19-23-44(59)24-20-39)53(64-30-26-45(60)22-17-36-11-6-4-7-12-36)54(62-2)52(49)63-29-25-37-13-8-5-9-14-37/h4-17,19-20,22-24,31,33,41,43,45,48,56-57,59-60H,3,25-30,32,34-35H2,1-2H3/b22-17+/t41-,43+,45+,48?/m1/s1. The van der Waals surface area contributed by atoms with Gasteiger partial charge in [-0.15, -0.1) is 0 Å². The number of hydrogen-bond acceptors (Lipinski definition) is 9. The minimum Gasteiger partial charge on any atom is -0.508 e. The quantitative estimate of drug-likeness (QED) is 0.0794. The molecule has 4 N–H and O–H groups in total. The topological polar surface area (TPSA) is 126 Å². The molecule has 6 aromatic rings. The largest absolute Gasteiger partial charge is 0.508 e. The maximum Gasteiger partial charge on any atom is 0.204 e. The molecule has 0 amide bonds. The molecule has 9 rings (SSSR count). The first kappa shape index (κ1) is 43.3. The van der Waals surface area contributed by atoms with E-state index in [1.54, 1.807) is 37.5 Å². The third kappa shape index (κ3) is 9.77. The predicted molar refractivity (Wildman–Crippen MR) is 254 cm³/mol. The summed E-state index contributed by atoms with van der Waals surface area (Å²) in [6.45, 7) is 4.79. The number of benzene rings is 5. The van der Waals surface area contributed by atoms with Crippen LogP contribution in [-0.2, 0) is 19.3 Å². The van der Waals surface area contributed by atoms with Crippen molar-refractivity contribution in [2.75, 3.05) is 44.9 Å². The van der Waals surface area contributed by atoms with E-state index in [4.69, 9.17) is 18.9 Å². The second kappa shape index (κ2) is 19.9. The lowest BCUT2D eigenvalue weighted by Gasteiger charge is -2.34. The molecule has 1 fully saturated rings. The molecule has 4 heterocycles. The zero-order valence-corrected chi connectivity index (χ0v) is 36.9. The summed E-state index contributed by atoms with van der Waals surface area (Å²) >= 11 is 0. The number of aromatic amines is 1. The molecular weight excluding hydrogens is 815 g/mol. The van der Waals surface area contributed by atoms with Gasteiger partial charge >= 0.3 is 0 Å². The van der Waals surface area contributed by atoms with E-state index in [0.29, 0.717) is 36.4 Å². The molecule has 10 heteroatoms. The number of ether oxygens (including phenoxy) is 4. The number of aromatic hydroxyl groups is 1. The summed E-state index contributed by atoms with van der Waals surface area (Å²) in [7, 11) is 1.56. The summed E-state index contributed by atoms with van der Waals surface area (Å²) in [6, 6.07) is 37.4. The van der Waals surface area contributed by atoms with E-state index in [9.17, 15) is 15.0 Å². The summed E-state index contributed by atoms with van der Waals surface area (Å²) in [5.41, 5.74) is 8.18. The fraction of sp³-hybridized carbons (Fsp3) is 0.291.